The summed E-state index contributed by atoms with van der Waals surface area (Å²) in [4.78, 5) is 29.9. The summed E-state index contributed by atoms with van der Waals surface area (Å²) in [5.41, 5.74) is -2.19. The van der Waals surface area contributed by atoms with Gasteiger partial charge in [0.05, 0.1) is 5.92 Å². The van der Waals surface area contributed by atoms with Gasteiger partial charge in [-0.05, 0) is 32.6 Å². The molecule has 5 atom stereocenters. The summed E-state index contributed by atoms with van der Waals surface area (Å²) in [6.07, 6.45) is 6.75. The van der Waals surface area contributed by atoms with Gasteiger partial charge in [-0.15, -0.1) is 11.6 Å². The molecule has 0 aromatic carbocycles. The van der Waals surface area contributed by atoms with E-state index in [-0.39, 0.29) is 11.8 Å². The van der Waals surface area contributed by atoms with Crippen molar-refractivity contribution in [2.45, 2.75) is 49.9 Å². The van der Waals surface area contributed by atoms with Gasteiger partial charge in [0.2, 0.25) is 11.4 Å². The number of rotatable bonds is 5. The van der Waals surface area contributed by atoms with Crippen LogP contribution >= 0.6 is 11.6 Å². The molecule has 0 bridgehead atoms. The van der Waals surface area contributed by atoms with E-state index in [1.807, 2.05) is 6.08 Å². The van der Waals surface area contributed by atoms with E-state index in [1.165, 1.54) is 0 Å². The third kappa shape index (κ3) is 1.87. The number of amides is 1. The molecular weight excluding hydrogens is 308 g/mol. The van der Waals surface area contributed by atoms with Crippen LogP contribution in [0, 0.1) is 11.8 Å². The normalized spacial score (nSPS) is 41.4. The number of alkyl halides is 1. The number of hydrogen-bond acceptors (Lipinski definition) is 5. The van der Waals surface area contributed by atoms with Gasteiger partial charge < -0.3 is 10.1 Å². The largest absolute Gasteiger partial charge is 0.453 e. The summed E-state index contributed by atoms with van der Waals surface area (Å²) in [7, 11) is 0. The minimum atomic E-state index is -1.22. The molecule has 6 nitrogen and oxygen atoms in total. The molecule has 1 aliphatic carbocycles. The molecule has 3 rings (SSSR count). The molecule has 122 valence electrons. The number of esters is 1. The molecule has 0 unspecified atom stereocenters. The summed E-state index contributed by atoms with van der Waals surface area (Å²) in [6.45, 7) is 1.77. The first-order valence-corrected chi connectivity index (χ1v) is 8.18. The molecule has 1 amide bonds. The van der Waals surface area contributed by atoms with Crippen molar-refractivity contribution in [2.75, 3.05) is 5.88 Å². The maximum Gasteiger partial charge on any atom is 0.339 e. The van der Waals surface area contributed by atoms with Gasteiger partial charge in [-0.3, -0.25) is 9.63 Å². The van der Waals surface area contributed by atoms with Crippen LogP contribution < -0.4 is 11.2 Å². The lowest BCUT2D eigenvalue weighted by Crippen LogP contribution is -2.80. The van der Waals surface area contributed by atoms with E-state index in [0.29, 0.717) is 12.3 Å². The van der Waals surface area contributed by atoms with Gasteiger partial charge in [-0.1, -0.05) is 12.2 Å². The van der Waals surface area contributed by atoms with E-state index in [2.05, 4.69) is 11.4 Å². The number of nitrogens with one attached hydrogen (secondary N) is 1. The molecule has 3 N–H and O–H groups in total. The quantitative estimate of drug-likeness (QED) is 0.340. The van der Waals surface area contributed by atoms with E-state index in [1.54, 1.807) is 6.92 Å². The summed E-state index contributed by atoms with van der Waals surface area (Å²) in [5.74, 6) is 4.64. The Morgan fingerprint density at radius 2 is 2.36 bits per heavy atom. The molecule has 0 radical (unpaired) electrons. The van der Waals surface area contributed by atoms with Gasteiger partial charge in [0.25, 0.3) is 0 Å². The predicted octanol–water partition coefficient (Wildman–Crippen LogP) is 1.03. The number of halogens is 1. The van der Waals surface area contributed by atoms with Gasteiger partial charge in [0, 0.05) is 11.8 Å². The molecule has 2 aliphatic heterocycles. The average Bonchev–Trinajstić information content (AvgIpc) is 2.68. The van der Waals surface area contributed by atoms with Crippen molar-refractivity contribution in [3.63, 3.8) is 0 Å². The van der Waals surface area contributed by atoms with E-state index in [9.17, 15) is 9.59 Å². The number of ether oxygens (including phenoxy) is 1. The minimum Gasteiger partial charge on any atom is -0.453 e. The maximum absolute atomic E-state index is 12.4. The Kier molecular flexibility index (Phi) is 3.95. The van der Waals surface area contributed by atoms with Crippen molar-refractivity contribution in [1.29, 1.82) is 0 Å². The number of nitrogens with two attached hydrogens (primary N) is 1. The highest BCUT2D eigenvalue weighted by molar-refractivity contribution is 6.18. The van der Waals surface area contributed by atoms with Crippen molar-refractivity contribution in [2.24, 2.45) is 17.7 Å². The summed E-state index contributed by atoms with van der Waals surface area (Å²) in [6, 6.07) is 0. The van der Waals surface area contributed by atoms with Crippen molar-refractivity contribution >= 4 is 23.5 Å². The molecule has 2 fully saturated rings. The molecule has 0 saturated carbocycles. The zero-order chi connectivity index (χ0) is 16.0. The lowest BCUT2D eigenvalue weighted by Gasteiger charge is -2.55. The Morgan fingerprint density at radius 3 is 2.91 bits per heavy atom. The highest BCUT2D eigenvalue weighted by atomic mass is 35.5. The molecule has 7 heteroatoms. The Hall–Kier alpha value is -1.11. The maximum atomic E-state index is 12.4. The van der Waals surface area contributed by atoms with Crippen LogP contribution in [0.25, 0.3) is 0 Å². The second-order valence-corrected chi connectivity index (χ2v) is 6.78. The fourth-order valence-corrected chi connectivity index (χ4v) is 4.38. The summed E-state index contributed by atoms with van der Waals surface area (Å²) < 4.78 is 5.42. The Bertz CT molecular complexity index is 526. The van der Waals surface area contributed by atoms with E-state index < -0.39 is 29.1 Å². The van der Waals surface area contributed by atoms with Crippen LogP contribution in [0.15, 0.2) is 12.2 Å². The monoisotopic (exact) mass is 328 g/mol. The van der Waals surface area contributed by atoms with Gasteiger partial charge in [0.1, 0.15) is 6.10 Å². The van der Waals surface area contributed by atoms with Crippen LogP contribution in [0.5, 0.6) is 0 Å². The Balaban J connectivity index is 1.98. The SMILES string of the molecule is C[C@@]12OC(=O)[C@]1([C@@H](ON)[C@@H]1C=CCCC1)NC(=O)[C@@H]2CCCl. The van der Waals surface area contributed by atoms with Gasteiger partial charge >= 0.3 is 5.97 Å². The zero-order valence-electron chi connectivity index (χ0n) is 12.5. The van der Waals surface area contributed by atoms with Gasteiger partial charge in [-0.2, -0.15) is 0 Å². The predicted molar refractivity (Wildman–Crippen MR) is 79.7 cm³/mol. The second kappa shape index (κ2) is 5.51. The van der Waals surface area contributed by atoms with E-state index in [0.717, 1.165) is 19.3 Å². The lowest BCUT2D eigenvalue weighted by molar-refractivity contribution is -0.244. The van der Waals surface area contributed by atoms with Crippen LogP contribution in [0.1, 0.15) is 32.6 Å². The van der Waals surface area contributed by atoms with Crippen molar-refractivity contribution in [1.82, 2.24) is 5.32 Å². The lowest BCUT2D eigenvalue weighted by atomic mass is 9.64. The Morgan fingerprint density at radius 1 is 1.59 bits per heavy atom. The van der Waals surface area contributed by atoms with E-state index in [4.69, 9.17) is 27.1 Å². The minimum absolute atomic E-state index is 0.0269. The topological polar surface area (TPSA) is 90.7 Å². The van der Waals surface area contributed by atoms with Crippen molar-refractivity contribution in [3.8, 4) is 0 Å². The standard InChI is InChI=1S/C15H21ClN2O4/c1-14-10(7-8-16)12(19)18-15(14,13(20)21-14)11(22-17)9-5-3-2-4-6-9/h3,5,9-11H,2,4,6-8,17H2,1H3,(H,18,19)/t9-,10+,11+,14+,15+/m1/s1. The molecule has 22 heavy (non-hydrogen) atoms. The fraction of sp³-hybridized carbons (Fsp3) is 0.733. The molecule has 3 aliphatic rings. The molecule has 0 aromatic rings. The third-order valence-electron chi connectivity index (χ3n) is 5.36. The van der Waals surface area contributed by atoms with Crippen LogP contribution in [0.2, 0.25) is 0 Å². The van der Waals surface area contributed by atoms with Crippen LogP contribution in [0.3, 0.4) is 0 Å². The molecule has 0 aromatic heterocycles. The molecular formula is C15H21ClN2O4. The smallest absolute Gasteiger partial charge is 0.339 e. The Labute approximate surface area is 134 Å². The highest BCUT2D eigenvalue weighted by Crippen LogP contribution is 2.53. The first-order chi connectivity index (χ1) is 10.5. The van der Waals surface area contributed by atoms with Crippen LogP contribution in [-0.2, 0) is 19.2 Å². The van der Waals surface area contributed by atoms with Crippen molar-refractivity contribution in [3.05, 3.63) is 12.2 Å². The second-order valence-electron chi connectivity index (χ2n) is 6.40. The van der Waals surface area contributed by atoms with Crippen LogP contribution in [-0.4, -0.2) is 35.0 Å². The highest BCUT2D eigenvalue weighted by Gasteiger charge is 2.80. The number of hydrogen-bond donors (Lipinski definition) is 2. The van der Waals surface area contributed by atoms with Crippen LogP contribution in [0.4, 0.5) is 0 Å². The summed E-state index contributed by atoms with van der Waals surface area (Å²) >= 11 is 5.80. The summed E-state index contributed by atoms with van der Waals surface area (Å²) in [5, 5.41) is 2.83. The van der Waals surface area contributed by atoms with Gasteiger partial charge in [-0.25, -0.2) is 10.7 Å². The first-order valence-electron chi connectivity index (χ1n) is 7.65. The third-order valence-corrected chi connectivity index (χ3v) is 5.58. The molecule has 2 saturated heterocycles. The number of allylic oxidation sites excluding steroid dienone is 1. The average molecular weight is 329 g/mol. The number of carbonyl (C=O) groups is 2. The molecule has 2 heterocycles. The number of carbonyl (C=O) groups excluding carboxylic acids is 2. The van der Waals surface area contributed by atoms with Gasteiger partial charge in [0.15, 0.2) is 5.60 Å². The number of fused-ring (bicyclic) bond motifs is 1. The fourth-order valence-electron chi connectivity index (χ4n) is 4.16. The first kappa shape index (κ1) is 15.8. The van der Waals surface area contributed by atoms with E-state index >= 15 is 0 Å². The zero-order valence-corrected chi connectivity index (χ0v) is 13.3. The van der Waals surface area contributed by atoms with Crippen molar-refractivity contribution < 1.29 is 19.2 Å². The molecule has 0 spiro atoms.